The molecule has 0 saturated heterocycles. The van der Waals surface area contributed by atoms with Crippen LogP contribution in [0.1, 0.15) is 38.7 Å². The van der Waals surface area contributed by atoms with Crippen LogP contribution in [0.15, 0.2) is 24.3 Å². The van der Waals surface area contributed by atoms with Gasteiger partial charge >= 0.3 is 0 Å². The average molecular weight is 277 g/mol. The van der Waals surface area contributed by atoms with E-state index in [1.54, 1.807) is 0 Å². The van der Waals surface area contributed by atoms with Gasteiger partial charge in [0.15, 0.2) is 0 Å². The highest BCUT2D eigenvalue weighted by Gasteiger charge is 2.01. The van der Waals surface area contributed by atoms with Crippen molar-refractivity contribution in [1.29, 1.82) is 0 Å². The molecule has 0 atom stereocenters. The quantitative estimate of drug-likeness (QED) is 0.645. The summed E-state index contributed by atoms with van der Waals surface area (Å²) in [6.07, 6.45) is 2.34. The maximum atomic E-state index is 10.6. The summed E-state index contributed by atoms with van der Waals surface area (Å²) >= 11 is 0. The summed E-state index contributed by atoms with van der Waals surface area (Å²) in [4.78, 5) is 12.9. The summed E-state index contributed by atoms with van der Waals surface area (Å²) in [5.41, 5.74) is 7.66. The van der Waals surface area contributed by atoms with Crippen molar-refractivity contribution in [3.63, 3.8) is 0 Å². The van der Waals surface area contributed by atoms with Crippen LogP contribution in [0.3, 0.4) is 0 Å². The zero-order chi connectivity index (χ0) is 14.8. The highest BCUT2D eigenvalue weighted by molar-refractivity contribution is 5.73. The summed E-state index contributed by atoms with van der Waals surface area (Å²) in [5, 5.41) is 3.39. The average Bonchev–Trinajstić information content (AvgIpc) is 2.45. The van der Waals surface area contributed by atoms with Gasteiger partial charge in [-0.15, -0.1) is 0 Å². The van der Waals surface area contributed by atoms with Gasteiger partial charge in [0, 0.05) is 31.7 Å². The molecule has 1 amide bonds. The van der Waals surface area contributed by atoms with Crippen LogP contribution in [0.2, 0.25) is 0 Å². The second kappa shape index (κ2) is 9.37. The molecule has 4 nitrogen and oxygen atoms in total. The molecule has 1 rings (SSSR count). The number of hydrogen-bond acceptors (Lipinski definition) is 3. The topological polar surface area (TPSA) is 58.4 Å². The lowest BCUT2D eigenvalue weighted by Gasteiger charge is -2.21. The number of carbonyl (C=O) groups is 1. The van der Waals surface area contributed by atoms with Crippen molar-refractivity contribution >= 4 is 11.6 Å². The molecule has 0 saturated carbocycles. The van der Waals surface area contributed by atoms with E-state index in [4.69, 9.17) is 5.73 Å². The number of unbranched alkanes of at least 4 members (excludes halogenated alkanes) is 1. The van der Waals surface area contributed by atoms with Crippen LogP contribution < -0.4 is 16.0 Å². The molecule has 0 heterocycles. The van der Waals surface area contributed by atoms with Gasteiger partial charge in [-0.1, -0.05) is 12.1 Å². The Morgan fingerprint density at radius 1 is 1.15 bits per heavy atom. The Kier molecular flexibility index (Phi) is 7.73. The van der Waals surface area contributed by atoms with Gasteiger partial charge in [-0.25, -0.2) is 0 Å². The van der Waals surface area contributed by atoms with E-state index in [9.17, 15) is 4.79 Å². The number of nitrogens with one attached hydrogen (secondary N) is 1. The highest BCUT2D eigenvalue weighted by atomic mass is 16.1. The Morgan fingerprint density at radius 3 is 2.35 bits per heavy atom. The molecule has 0 fully saturated rings. The molecule has 0 aromatic heterocycles. The molecule has 112 valence electrons. The van der Waals surface area contributed by atoms with Crippen molar-refractivity contribution in [1.82, 2.24) is 5.32 Å². The van der Waals surface area contributed by atoms with Crippen molar-refractivity contribution in [3.05, 3.63) is 29.8 Å². The molecule has 3 N–H and O–H groups in total. The molecule has 1 aromatic rings. The lowest BCUT2D eigenvalue weighted by molar-refractivity contribution is -0.118. The highest BCUT2D eigenvalue weighted by Crippen LogP contribution is 2.14. The maximum absolute atomic E-state index is 10.6. The first-order valence-corrected chi connectivity index (χ1v) is 7.50. The molecule has 0 unspecified atom stereocenters. The molecule has 0 aliphatic heterocycles. The van der Waals surface area contributed by atoms with Crippen LogP contribution in [-0.2, 0) is 11.3 Å². The number of primary amides is 1. The van der Waals surface area contributed by atoms with Crippen molar-refractivity contribution in [2.45, 2.75) is 39.7 Å². The molecule has 0 aliphatic carbocycles. The SMILES string of the molecule is CCN(CC)c1ccc(CNCCCCC(N)=O)cc1. The molecule has 0 aliphatic rings. The zero-order valence-electron chi connectivity index (χ0n) is 12.7. The minimum Gasteiger partial charge on any atom is -0.372 e. The van der Waals surface area contributed by atoms with Crippen molar-refractivity contribution < 1.29 is 4.79 Å². The van der Waals surface area contributed by atoms with E-state index in [1.807, 2.05) is 0 Å². The second-order valence-electron chi connectivity index (χ2n) is 4.94. The minimum absolute atomic E-state index is 0.211. The van der Waals surface area contributed by atoms with Gasteiger partial charge in [-0.05, 0) is 50.9 Å². The smallest absolute Gasteiger partial charge is 0.217 e. The number of carbonyl (C=O) groups excluding carboxylic acids is 1. The second-order valence-corrected chi connectivity index (χ2v) is 4.94. The predicted octanol–water partition coefficient (Wildman–Crippen LogP) is 2.28. The standard InChI is InChI=1S/C16H27N3O/c1-3-19(4-2)15-10-8-14(9-11-15)13-18-12-6-5-7-16(17)20/h8-11,18H,3-7,12-13H2,1-2H3,(H2,17,20). The van der Waals surface area contributed by atoms with E-state index in [0.717, 1.165) is 39.0 Å². The van der Waals surface area contributed by atoms with Crippen LogP contribution >= 0.6 is 0 Å². The number of rotatable bonds is 10. The van der Waals surface area contributed by atoms with Crippen molar-refractivity contribution in [3.8, 4) is 0 Å². The maximum Gasteiger partial charge on any atom is 0.217 e. The first-order valence-electron chi connectivity index (χ1n) is 7.50. The normalized spacial score (nSPS) is 10.5. The molecular formula is C16H27N3O. The zero-order valence-corrected chi connectivity index (χ0v) is 12.7. The van der Waals surface area contributed by atoms with Gasteiger partial charge in [0.05, 0.1) is 0 Å². The first kappa shape index (κ1) is 16.5. The number of nitrogens with zero attached hydrogens (tertiary/aromatic N) is 1. The fourth-order valence-corrected chi connectivity index (χ4v) is 2.20. The third-order valence-corrected chi connectivity index (χ3v) is 3.42. The van der Waals surface area contributed by atoms with E-state index in [2.05, 4.69) is 48.3 Å². The lowest BCUT2D eigenvalue weighted by atomic mass is 10.2. The largest absolute Gasteiger partial charge is 0.372 e. The van der Waals surface area contributed by atoms with E-state index < -0.39 is 0 Å². The number of nitrogens with two attached hydrogens (primary N) is 1. The lowest BCUT2D eigenvalue weighted by Crippen LogP contribution is -2.21. The summed E-state index contributed by atoms with van der Waals surface area (Å²) in [7, 11) is 0. The van der Waals surface area contributed by atoms with Gasteiger partial charge in [0.2, 0.25) is 5.91 Å². The molecular weight excluding hydrogens is 250 g/mol. The van der Waals surface area contributed by atoms with E-state index in [0.29, 0.717) is 6.42 Å². The van der Waals surface area contributed by atoms with Crippen molar-refractivity contribution in [2.75, 3.05) is 24.5 Å². The molecule has 1 aromatic carbocycles. The third kappa shape index (κ3) is 6.06. The molecule has 0 bridgehead atoms. The Bertz CT molecular complexity index is 385. The van der Waals surface area contributed by atoms with Gasteiger partial charge < -0.3 is 16.0 Å². The van der Waals surface area contributed by atoms with Crippen LogP contribution in [0.5, 0.6) is 0 Å². The summed E-state index contributed by atoms with van der Waals surface area (Å²) in [5.74, 6) is -0.211. The van der Waals surface area contributed by atoms with Gasteiger partial charge in [0.25, 0.3) is 0 Å². The number of amides is 1. The van der Waals surface area contributed by atoms with Crippen LogP contribution in [0, 0.1) is 0 Å². The Balaban J connectivity index is 2.26. The van der Waals surface area contributed by atoms with E-state index in [-0.39, 0.29) is 5.91 Å². The minimum atomic E-state index is -0.211. The third-order valence-electron chi connectivity index (χ3n) is 3.42. The fraction of sp³-hybridized carbons (Fsp3) is 0.562. The van der Waals surface area contributed by atoms with Gasteiger partial charge in [0.1, 0.15) is 0 Å². The fourth-order valence-electron chi connectivity index (χ4n) is 2.20. The molecule has 0 spiro atoms. The molecule has 4 heteroatoms. The first-order chi connectivity index (χ1) is 9.67. The number of benzene rings is 1. The molecule has 20 heavy (non-hydrogen) atoms. The Hall–Kier alpha value is -1.55. The van der Waals surface area contributed by atoms with Crippen LogP contribution in [-0.4, -0.2) is 25.5 Å². The van der Waals surface area contributed by atoms with Crippen LogP contribution in [0.25, 0.3) is 0 Å². The Labute approximate surface area is 122 Å². The van der Waals surface area contributed by atoms with Gasteiger partial charge in [-0.2, -0.15) is 0 Å². The summed E-state index contributed by atoms with van der Waals surface area (Å²) in [6.45, 7) is 8.21. The Morgan fingerprint density at radius 2 is 1.80 bits per heavy atom. The number of hydrogen-bond donors (Lipinski definition) is 2. The summed E-state index contributed by atoms with van der Waals surface area (Å²) in [6, 6.07) is 8.70. The van der Waals surface area contributed by atoms with Gasteiger partial charge in [-0.3, -0.25) is 4.79 Å². The monoisotopic (exact) mass is 277 g/mol. The predicted molar refractivity (Wildman–Crippen MR) is 84.8 cm³/mol. The number of anilines is 1. The van der Waals surface area contributed by atoms with Crippen molar-refractivity contribution in [2.24, 2.45) is 5.73 Å². The molecule has 0 radical (unpaired) electrons. The van der Waals surface area contributed by atoms with E-state index >= 15 is 0 Å². The van der Waals surface area contributed by atoms with E-state index in [1.165, 1.54) is 11.3 Å². The summed E-state index contributed by atoms with van der Waals surface area (Å²) < 4.78 is 0. The van der Waals surface area contributed by atoms with Crippen LogP contribution in [0.4, 0.5) is 5.69 Å².